The molecule has 3 aromatic carbocycles. The van der Waals surface area contributed by atoms with Gasteiger partial charge in [-0.3, -0.25) is 9.69 Å². The molecule has 1 heterocycles. The van der Waals surface area contributed by atoms with Gasteiger partial charge in [-0.15, -0.1) is 0 Å². The number of benzene rings is 3. The van der Waals surface area contributed by atoms with E-state index in [0.717, 1.165) is 50.3 Å². The van der Waals surface area contributed by atoms with Crippen LogP contribution in [0, 0.1) is 20.8 Å². The highest BCUT2D eigenvalue weighted by atomic mass is 16.1. The van der Waals surface area contributed by atoms with Crippen molar-refractivity contribution in [1.82, 2.24) is 10.2 Å². The topological polar surface area (TPSA) is 35.6 Å². The first kappa shape index (κ1) is 24.0. The molecule has 1 saturated heterocycles. The normalized spacial score (nSPS) is 14.4. The van der Waals surface area contributed by atoms with E-state index in [4.69, 9.17) is 0 Å². The van der Waals surface area contributed by atoms with Gasteiger partial charge in [0.05, 0.1) is 5.92 Å². The van der Waals surface area contributed by atoms with Gasteiger partial charge < -0.3 is 10.2 Å². The van der Waals surface area contributed by atoms with Gasteiger partial charge in [-0.1, -0.05) is 77.9 Å². The molecule has 3 aromatic rings. The molecule has 0 saturated carbocycles. The molecule has 0 bridgehead atoms. The Hall–Kier alpha value is -3.11. The van der Waals surface area contributed by atoms with Crippen LogP contribution in [0.3, 0.4) is 0 Å². The lowest BCUT2D eigenvalue weighted by molar-refractivity contribution is -0.121. The zero-order chi connectivity index (χ0) is 23.9. The van der Waals surface area contributed by atoms with Gasteiger partial charge in [0.15, 0.2) is 0 Å². The first-order chi connectivity index (χ1) is 16.5. The van der Waals surface area contributed by atoms with Crippen molar-refractivity contribution in [2.45, 2.75) is 33.1 Å². The Morgan fingerprint density at radius 2 is 1.35 bits per heavy atom. The van der Waals surface area contributed by atoms with Crippen LogP contribution < -0.4 is 10.2 Å². The molecule has 1 aliphatic heterocycles. The molecule has 1 fully saturated rings. The molecule has 0 aromatic heterocycles. The average Bonchev–Trinajstić information content (AvgIpc) is 2.85. The van der Waals surface area contributed by atoms with E-state index in [1.54, 1.807) is 0 Å². The zero-order valence-corrected chi connectivity index (χ0v) is 20.8. The summed E-state index contributed by atoms with van der Waals surface area (Å²) in [5.41, 5.74) is 7.19. The fourth-order valence-corrected chi connectivity index (χ4v) is 4.76. The third kappa shape index (κ3) is 6.06. The van der Waals surface area contributed by atoms with Crippen molar-refractivity contribution < 1.29 is 4.79 Å². The van der Waals surface area contributed by atoms with Crippen LogP contribution in [-0.2, 0) is 4.79 Å². The van der Waals surface area contributed by atoms with Gasteiger partial charge in [0.25, 0.3) is 0 Å². The highest BCUT2D eigenvalue weighted by Crippen LogP contribution is 2.26. The first-order valence-electron chi connectivity index (χ1n) is 12.4. The van der Waals surface area contributed by atoms with Crippen LogP contribution in [0.4, 0.5) is 5.69 Å². The number of aryl methyl sites for hydroxylation is 3. The molecule has 4 heteroatoms. The van der Waals surface area contributed by atoms with Gasteiger partial charge >= 0.3 is 0 Å². The summed E-state index contributed by atoms with van der Waals surface area (Å²) < 4.78 is 0. The number of hydrogen-bond donors (Lipinski definition) is 1. The number of hydrogen-bond acceptors (Lipinski definition) is 3. The number of carbonyl (C=O) groups excluding carboxylic acids is 1. The van der Waals surface area contributed by atoms with Crippen molar-refractivity contribution in [2.24, 2.45) is 0 Å². The van der Waals surface area contributed by atoms with Crippen molar-refractivity contribution in [3.05, 3.63) is 101 Å². The third-order valence-corrected chi connectivity index (χ3v) is 6.86. The fourth-order valence-electron chi connectivity index (χ4n) is 4.76. The molecule has 0 aliphatic carbocycles. The third-order valence-electron chi connectivity index (χ3n) is 6.86. The molecule has 4 nitrogen and oxygen atoms in total. The van der Waals surface area contributed by atoms with E-state index in [2.05, 4.69) is 109 Å². The Kier molecular flexibility index (Phi) is 8.02. The molecule has 0 radical (unpaired) electrons. The van der Waals surface area contributed by atoms with E-state index < -0.39 is 0 Å². The molecule has 0 atom stereocenters. The molecule has 178 valence electrons. The number of anilines is 1. The Morgan fingerprint density at radius 3 is 1.91 bits per heavy atom. The molecular formula is C30H37N3O. The summed E-state index contributed by atoms with van der Waals surface area (Å²) in [6.45, 7) is 12.3. The molecule has 0 unspecified atom stereocenters. The maximum absolute atomic E-state index is 13.3. The molecule has 1 N–H and O–H groups in total. The van der Waals surface area contributed by atoms with Gasteiger partial charge in [-0.2, -0.15) is 0 Å². The lowest BCUT2D eigenvalue weighted by Gasteiger charge is -2.36. The standard InChI is InChI=1S/C30H37N3O/c1-23-9-13-26(14-10-23)29(27-15-11-24(2)12-16-27)30(34)31-17-6-18-32-19-21-33(22-20-32)28-8-5-4-7-25(28)3/h4-5,7-16,29H,6,17-22H2,1-3H3,(H,31,34). The Balaban J connectivity index is 1.28. The van der Waals surface area contributed by atoms with E-state index in [1.165, 1.54) is 22.4 Å². The Bertz CT molecular complexity index is 1020. The lowest BCUT2D eigenvalue weighted by Crippen LogP contribution is -2.47. The first-order valence-corrected chi connectivity index (χ1v) is 12.4. The molecule has 4 rings (SSSR count). The number of nitrogens with zero attached hydrogens (tertiary/aromatic N) is 2. The monoisotopic (exact) mass is 455 g/mol. The minimum absolute atomic E-state index is 0.0806. The highest BCUT2D eigenvalue weighted by Gasteiger charge is 2.23. The maximum Gasteiger partial charge on any atom is 0.232 e. The lowest BCUT2D eigenvalue weighted by atomic mass is 9.89. The van der Waals surface area contributed by atoms with Crippen LogP contribution in [0.5, 0.6) is 0 Å². The highest BCUT2D eigenvalue weighted by molar-refractivity contribution is 5.87. The van der Waals surface area contributed by atoms with Gasteiger partial charge in [-0.05, 0) is 56.5 Å². The number of carbonyl (C=O) groups is 1. The second kappa shape index (κ2) is 11.3. The van der Waals surface area contributed by atoms with E-state index in [0.29, 0.717) is 6.54 Å². The Morgan fingerprint density at radius 1 is 0.794 bits per heavy atom. The van der Waals surface area contributed by atoms with E-state index >= 15 is 0 Å². The quantitative estimate of drug-likeness (QED) is 0.482. The van der Waals surface area contributed by atoms with Crippen LogP contribution in [-0.4, -0.2) is 50.1 Å². The second-order valence-electron chi connectivity index (χ2n) is 9.51. The fraction of sp³-hybridized carbons (Fsp3) is 0.367. The van der Waals surface area contributed by atoms with Gasteiger partial charge in [0.1, 0.15) is 0 Å². The van der Waals surface area contributed by atoms with Crippen molar-refractivity contribution >= 4 is 11.6 Å². The SMILES string of the molecule is Cc1ccc(C(C(=O)NCCCN2CCN(c3ccccc3C)CC2)c2ccc(C)cc2)cc1. The molecule has 34 heavy (non-hydrogen) atoms. The smallest absolute Gasteiger partial charge is 0.232 e. The van der Waals surface area contributed by atoms with Crippen LogP contribution in [0.25, 0.3) is 0 Å². The van der Waals surface area contributed by atoms with Gasteiger partial charge in [-0.25, -0.2) is 0 Å². The molecule has 1 amide bonds. The summed E-state index contributed by atoms with van der Waals surface area (Å²) in [7, 11) is 0. The predicted octanol–water partition coefficient (Wildman–Crippen LogP) is 5.07. The summed E-state index contributed by atoms with van der Waals surface area (Å²) >= 11 is 0. The predicted molar refractivity (Wildman–Crippen MR) is 142 cm³/mol. The minimum atomic E-state index is -0.279. The summed E-state index contributed by atoms with van der Waals surface area (Å²) in [5.74, 6) is -0.198. The van der Waals surface area contributed by atoms with Crippen LogP contribution in [0.1, 0.15) is 40.2 Å². The van der Waals surface area contributed by atoms with E-state index in [9.17, 15) is 4.79 Å². The Labute approximate surface area is 204 Å². The van der Waals surface area contributed by atoms with Crippen molar-refractivity contribution in [2.75, 3.05) is 44.2 Å². The largest absolute Gasteiger partial charge is 0.369 e. The van der Waals surface area contributed by atoms with Crippen LogP contribution in [0.2, 0.25) is 0 Å². The van der Waals surface area contributed by atoms with Gasteiger partial charge in [0.2, 0.25) is 5.91 Å². The number of piperazine rings is 1. The molecule has 1 aliphatic rings. The number of amides is 1. The summed E-state index contributed by atoms with van der Waals surface area (Å²) in [4.78, 5) is 18.3. The van der Waals surface area contributed by atoms with Crippen molar-refractivity contribution in [3.8, 4) is 0 Å². The van der Waals surface area contributed by atoms with Crippen LogP contribution in [0.15, 0.2) is 72.8 Å². The maximum atomic E-state index is 13.3. The molecule has 0 spiro atoms. The summed E-state index contributed by atoms with van der Waals surface area (Å²) in [6, 6.07) is 25.3. The van der Waals surface area contributed by atoms with E-state index in [-0.39, 0.29) is 11.8 Å². The zero-order valence-electron chi connectivity index (χ0n) is 20.8. The minimum Gasteiger partial charge on any atom is -0.369 e. The summed E-state index contributed by atoms with van der Waals surface area (Å²) in [5, 5.41) is 3.21. The summed E-state index contributed by atoms with van der Waals surface area (Å²) in [6.07, 6.45) is 0.963. The second-order valence-corrected chi connectivity index (χ2v) is 9.51. The van der Waals surface area contributed by atoms with Crippen molar-refractivity contribution in [3.63, 3.8) is 0 Å². The van der Waals surface area contributed by atoms with Crippen molar-refractivity contribution in [1.29, 1.82) is 0 Å². The number of para-hydroxylation sites is 1. The van der Waals surface area contributed by atoms with Gasteiger partial charge in [0, 0.05) is 38.4 Å². The van der Waals surface area contributed by atoms with E-state index in [1.807, 2.05) is 0 Å². The number of nitrogens with one attached hydrogen (secondary N) is 1. The molecular weight excluding hydrogens is 418 g/mol. The van der Waals surface area contributed by atoms with Crippen LogP contribution >= 0.6 is 0 Å². The average molecular weight is 456 g/mol. The number of rotatable bonds is 8.